The molecule has 0 spiro atoms. The van der Waals surface area contributed by atoms with Crippen molar-refractivity contribution in [3.05, 3.63) is 76.9 Å². The lowest BCUT2D eigenvalue weighted by molar-refractivity contribution is 0.104. The number of fused-ring (bicyclic) bond motifs is 1. The van der Waals surface area contributed by atoms with Crippen molar-refractivity contribution in [3.63, 3.8) is 0 Å². The van der Waals surface area contributed by atoms with E-state index in [1.165, 1.54) is 35.6 Å². The third-order valence-corrected chi connectivity index (χ3v) is 5.41. The highest BCUT2D eigenvalue weighted by Crippen LogP contribution is 2.35. The number of thiophene rings is 1. The smallest absolute Gasteiger partial charge is 0.205 e. The summed E-state index contributed by atoms with van der Waals surface area (Å²) in [5, 5.41) is 0.739. The number of nitrogens with zero attached hydrogens (tertiary/aromatic N) is 1. The van der Waals surface area contributed by atoms with Crippen LogP contribution in [0.2, 0.25) is 0 Å². The second-order valence-corrected chi connectivity index (χ2v) is 6.96. The van der Waals surface area contributed by atoms with Crippen molar-refractivity contribution in [2.45, 2.75) is 0 Å². The van der Waals surface area contributed by atoms with Crippen LogP contribution in [0.1, 0.15) is 15.2 Å². The molecule has 0 saturated heterocycles. The molecule has 0 fully saturated rings. The lowest BCUT2D eigenvalue weighted by atomic mass is 10.1. The van der Waals surface area contributed by atoms with Gasteiger partial charge in [-0.1, -0.05) is 0 Å². The van der Waals surface area contributed by atoms with E-state index in [9.17, 15) is 9.18 Å². The molecule has 0 aliphatic rings. The van der Waals surface area contributed by atoms with E-state index < -0.39 is 0 Å². The van der Waals surface area contributed by atoms with E-state index in [1.54, 1.807) is 7.11 Å². The number of nitrogens with two attached hydrogens (primary N) is 1. The Morgan fingerprint density at radius 2 is 1.74 bits per heavy atom. The number of hydrogen-bond donors (Lipinski definition) is 1. The van der Waals surface area contributed by atoms with Crippen molar-refractivity contribution in [1.29, 1.82) is 0 Å². The fourth-order valence-electron chi connectivity index (χ4n) is 2.82. The number of halogens is 1. The summed E-state index contributed by atoms with van der Waals surface area (Å²) in [5.74, 6) is 0.149. The van der Waals surface area contributed by atoms with E-state index in [2.05, 4.69) is 4.98 Å². The third kappa shape index (κ3) is 3.15. The normalized spacial score (nSPS) is 10.9. The van der Waals surface area contributed by atoms with E-state index in [4.69, 9.17) is 10.5 Å². The van der Waals surface area contributed by atoms with Gasteiger partial charge in [0.2, 0.25) is 5.78 Å². The Balaban J connectivity index is 1.74. The Morgan fingerprint density at radius 1 is 1.04 bits per heavy atom. The van der Waals surface area contributed by atoms with Crippen molar-refractivity contribution in [2.24, 2.45) is 0 Å². The lowest BCUT2D eigenvalue weighted by Crippen LogP contribution is -2.01. The Hall–Kier alpha value is -3.25. The molecule has 27 heavy (non-hydrogen) atoms. The topological polar surface area (TPSA) is 65.2 Å². The first-order valence-corrected chi connectivity index (χ1v) is 9.02. The summed E-state index contributed by atoms with van der Waals surface area (Å²) in [5.41, 5.74) is 8.71. The number of ether oxygens (including phenoxy) is 1. The minimum atomic E-state index is -0.387. The van der Waals surface area contributed by atoms with Gasteiger partial charge in [-0.2, -0.15) is 0 Å². The predicted octanol–water partition coefficient (Wildman–Crippen LogP) is 4.92. The van der Waals surface area contributed by atoms with Crippen LogP contribution in [0, 0.1) is 5.82 Å². The fraction of sp³-hybridized carbons (Fsp3) is 0.0476. The number of rotatable bonds is 4. The molecule has 4 aromatic rings. The predicted molar refractivity (Wildman–Crippen MR) is 106 cm³/mol. The number of methoxy groups -OCH3 is 1. The van der Waals surface area contributed by atoms with Gasteiger partial charge >= 0.3 is 0 Å². The van der Waals surface area contributed by atoms with Gasteiger partial charge in [-0.3, -0.25) is 4.79 Å². The van der Waals surface area contributed by atoms with Gasteiger partial charge in [-0.25, -0.2) is 9.37 Å². The molecular formula is C21H15FN2O2S. The molecule has 0 aliphatic carbocycles. The molecule has 2 aromatic carbocycles. The summed E-state index contributed by atoms with van der Waals surface area (Å²) < 4.78 is 18.3. The number of carbonyl (C=O) groups is 1. The Morgan fingerprint density at radius 3 is 2.41 bits per heavy atom. The van der Waals surface area contributed by atoms with Crippen LogP contribution in [0.5, 0.6) is 5.75 Å². The maximum absolute atomic E-state index is 13.1. The molecule has 134 valence electrons. The summed E-state index contributed by atoms with van der Waals surface area (Å²) >= 11 is 1.24. The maximum Gasteiger partial charge on any atom is 0.205 e. The number of ketones is 1. The number of nitrogen functional groups attached to an aromatic ring is 1. The zero-order valence-corrected chi connectivity index (χ0v) is 15.2. The molecular weight excluding hydrogens is 363 g/mol. The van der Waals surface area contributed by atoms with Crippen molar-refractivity contribution in [3.8, 4) is 17.0 Å². The maximum atomic E-state index is 13.1. The van der Waals surface area contributed by atoms with Crippen LogP contribution in [0.3, 0.4) is 0 Å². The number of anilines is 1. The molecule has 0 atom stereocenters. The molecule has 0 saturated carbocycles. The zero-order valence-electron chi connectivity index (χ0n) is 14.4. The third-order valence-electron chi connectivity index (χ3n) is 4.29. The molecule has 4 rings (SSSR count). The summed E-state index contributed by atoms with van der Waals surface area (Å²) in [6.45, 7) is 0. The van der Waals surface area contributed by atoms with Crippen LogP contribution in [-0.2, 0) is 0 Å². The van der Waals surface area contributed by atoms with E-state index in [0.29, 0.717) is 21.0 Å². The molecule has 0 bridgehead atoms. The van der Waals surface area contributed by atoms with Gasteiger partial charge < -0.3 is 10.5 Å². The van der Waals surface area contributed by atoms with Crippen molar-refractivity contribution in [1.82, 2.24) is 4.98 Å². The van der Waals surface area contributed by atoms with Crippen LogP contribution < -0.4 is 10.5 Å². The average Bonchev–Trinajstić information content (AvgIpc) is 3.04. The standard InChI is InChI=1S/C21H15FN2O2S/c1-26-15-8-4-12(5-9-15)17-11-10-16-18(23)20(27-21(16)24-17)19(25)13-2-6-14(22)7-3-13/h2-11H,23H2,1H3. The molecule has 4 nitrogen and oxygen atoms in total. The molecule has 0 radical (unpaired) electrons. The molecule has 2 heterocycles. The number of benzene rings is 2. The van der Waals surface area contributed by atoms with Crippen LogP contribution in [0.4, 0.5) is 10.1 Å². The van der Waals surface area contributed by atoms with Crippen LogP contribution >= 0.6 is 11.3 Å². The molecule has 0 unspecified atom stereocenters. The quantitative estimate of drug-likeness (QED) is 0.512. The van der Waals surface area contributed by atoms with Gasteiger partial charge in [0.25, 0.3) is 0 Å². The summed E-state index contributed by atoms with van der Waals surface area (Å²) in [4.78, 5) is 18.5. The monoisotopic (exact) mass is 378 g/mol. The van der Waals surface area contributed by atoms with Gasteiger partial charge in [0.1, 0.15) is 21.3 Å². The SMILES string of the molecule is COc1ccc(-c2ccc3c(N)c(C(=O)c4ccc(F)cc4)sc3n2)cc1. The number of pyridine rings is 1. The van der Waals surface area contributed by atoms with Crippen LogP contribution in [-0.4, -0.2) is 17.9 Å². The highest BCUT2D eigenvalue weighted by molar-refractivity contribution is 7.21. The summed E-state index contributed by atoms with van der Waals surface area (Å²) in [6.07, 6.45) is 0. The first-order valence-electron chi connectivity index (χ1n) is 8.20. The highest BCUT2D eigenvalue weighted by Gasteiger charge is 2.19. The minimum Gasteiger partial charge on any atom is -0.497 e. The van der Waals surface area contributed by atoms with E-state index in [0.717, 1.165) is 22.4 Å². The second kappa shape index (κ2) is 6.81. The number of carbonyl (C=O) groups excluding carboxylic acids is 1. The number of aromatic nitrogens is 1. The van der Waals surface area contributed by atoms with E-state index in [-0.39, 0.29) is 11.6 Å². The Kier molecular flexibility index (Phi) is 4.33. The molecule has 6 heteroatoms. The van der Waals surface area contributed by atoms with Crippen molar-refractivity contribution < 1.29 is 13.9 Å². The fourth-order valence-corrected chi connectivity index (χ4v) is 3.88. The van der Waals surface area contributed by atoms with Crippen LogP contribution in [0.15, 0.2) is 60.7 Å². The van der Waals surface area contributed by atoms with Gasteiger partial charge in [0, 0.05) is 16.5 Å². The van der Waals surface area contributed by atoms with Crippen molar-refractivity contribution in [2.75, 3.05) is 12.8 Å². The van der Waals surface area contributed by atoms with Crippen LogP contribution in [0.25, 0.3) is 21.5 Å². The molecule has 0 amide bonds. The van der Waals surface area contributed by atoms with Gasteiger partial charge in [0.15, 0.2) is 0 Å². The Labute approximate surface area is 159 Å². The minimum absolute atomic E-state index is 0.235. The highest BCUT2D eigenvalue weighted by atomic mass is 32.1. The largest absolute Gasteiger partial charge is 0.497 e. The molecule has 2 aromatic heterocycles. The van der Waals surface area contributed by atoms with E-state index in [1.807, 2.05) is 36.4 Å². The first kappa shape index (κ1) is 17.2. The second-order valence-electron chi connectivity index (χ2n) is 5.96. The average molecular weight is 378 g/mol. The van der Waals surface area contributed by atoms with Gasteiger partial charge in [-0.05, 0) is 60.7 Å². The Bertz CT molecular complexity index is 1140. The first-order chi connectivity index (χ1) is 13.1. The summed E-state index contributed by atoms with van der Waals surface area (Å²) in [7, 11) is 1.62. The van der Waals surface area contributed by atoms with Gasteiger partial charge in [-0.15, -0.1) is 11.3 Å². The molecule has 2 N–H and O–H groups in total. The van der Waals surface area contributed by atoms with Gasteiger partial charge in [0.05, 0.1) is 18.5 Å². The summed E-state index contributed by atoms with van der Waals surface area (Å²) in [6, 6.07) is 16.8. The lowest BCUT2D eigenvalue weighted by Gasteiger charge is -2.03. The molecule has 0 aliphatic heterocycles. The zero-order chi connectivity index (χ0) is 19.0. The number of hydrogen-bond acceptors (Lipinski definition) is 5. The van der Waals surface area contributed by atoms with E-state index >= 15 is 0 Å². The van der Waals surface area contributed by atoms with Crippen molar-refractivity contribution >= 4 is 33.0 Å².